The minimum atomic E-state index is -0.333. The molecule has 4 heteroatoms. The topological polar surface area (TPSA) is 46.9 Å². The summed E-state index contributed by atoms with van der Waals surface area (Å²) in [6, 6.07) is 6.75. The number of rotatable bonds is 4. The van der Waals surface area contributed by atoms with E-state index in [0.717, 1.165) is 17.5 Å². The molecule has 0 saturated heterocycles. The first-order valence-corrected chi connectivity index (χ1v) is 7.53. The van der Waals surface area contributed by atoms with Crippen LogP contribution in [0.5, 0.6) is 0 Å². The molecule has 0 aliphatic heterocycles. The van der Waals surface area contributed by atoms with Crippen molar-refractivity contribution in [1.82, 2.24) is 14.9 Å². The summed E-state index contributed by atoms with van der Waals surface area (Å²) in [6.07, 6.45) is 2.72. The number of nitrogens with one attached hydrogen (secondary N) is 1. The summed E-state index contributed by atoms with van der Waals surface area (Å²) in [7, 11) is 0. The third-order valence-corrected chi connectivity index (χ3v) is 3.58. The van der Waals surface area contributed by atoms with E-state index in [1.54, 1.807) is 0 Å². The largest absolute Gasteiger partial charge is 0.355 e. The Labute approximate surface area is 126 Å². The summed E-state index contributed by atoms with van der Waals surface area (Å²) in [6.45, 7) is 10.7. The molecule has 0 saturated carbocycles. The zero-order valence-electron chi connectivity index (χ0n) is 13.6. The van der Waals surface area contributed by atoms with Gasteiger partial charge in [-0.3, -0.25) is 4.79 Å². The van der Waals surface area contributed by atoms with Gasteiger partial charge in [-0.1, -0.05) is 26.8 Å². The smallest absolute Gasteiger partial charge is 0.225 e. The number of amides is 1. The van der Waals surface area contributed by atoms with Crippen LogP contribution in [0.15, 0.2) is 24.5 Å². The van der Waals surface area contributed by atoms with Crippen molar-refractivity contribution in [3.8, 4) is 0 Å². The third-order valence-electron chi connectivity index (χ3n) is 3.58. The van der Waals surface area contributed by atoms with Crippen LogP contribution in [0, 0.1) is 5.41 Å². The molecule has 4 nitrogen and oxygen atoms in total. The maximum absolute atomic E-state index is 11.8. The van der Waals surface area contributed by atoms with Crippen molar-refractivity contribution < 1.29 is 4.79 Å². The van der Waals surface area contributed by atoms with Gasteiger partial charge in [0.05, 0.1) is 17.4 Å². The number of fused-ring (bicyclic) bond motifs is 1. The zero-order chi connectivity index (χ0) is 15.6. The Hall–Kier alpha value is -1.84. The molecule has 1 heterocycles. The second-order valence-electron chi connectivity index (χ2n) is 6.82. The molecule has 2 rings (SSSR count). The average molecular weight is 287 g/mol. The number of benzene rings is 1. The van der Waals surface area contributed by atoms with Crippen molar-refractivity contribution in [3.63, 3.8) is 0 Å². The Morgan fingerprint density at radius 1 is 1.33 bits per heavy atom. The minimum absolute atomic E-state index is 0.0904. The summed E-state index contributed by atoms with van der Waals surface area (Å²) in [5, 5.41) is 2.98. The molecule has 0 bridgehead atoms. The predicted molar refractivity (Wildman–Crippen MR) is 86.3 cm³/mol. The van der Waals surface area contributed by atoms with E-state index in [1.165, 1.54) is 5.56 Å². The molecule has 0 fully saturated rings. The van der Waals surface area contributed by atoms with E-state index in [9.17, 15) is 4.79 Å². The quantitative estimate of drug-likeness (QED) is 0.937. The van der Waals surface area contributed by atoms with Crippen LogP contribution >= 0.6 is 0 Å². The average Bonchev–Trinajstić information content (AvgIpc) is 2.80. The van der Waals surface area contributed by atoms with E-state index in [2.05, 4.69) is 46.9 Å². The van der Waals surface area contributed by atoms with Gasteiger partial charge in [-0.05, 0) is 38.0 Å². The Morgan fingerprint density at radius 3 is 2.67 bits per heavy atom. The van der Waals surface area contributed by atoms with E-state index < -0.39 is 0 Å². The number of nitrogens with zero attached hydrogens (tertiary/aromatic N) is 2. The van der Waals surface area contributed by atoms with Crippen LogP contribution in [-0.2, 0) is 11.2 Å². The second-order valence-corrected chi connectivity index (χ2v) is 6.82. The van der Waals surface area contributed by atoms with Crippen LogP contribution in [-0.4, -0.2) is 22.0 Å². The lowest BCUT2D eigenvalue weighted by atomic mass is 9.95. The van der Waals surface area contributed by atoms with Crippen molar-refractivity contribution in [2.75, 3.05) is 6.54 Å². The minimum Gasteiger partial charge on any atom is -0.355 e. The summed E-state index contributed by atoms with van der Waals surface area (Å²) >= 11 is 0. The van der Waals surface area contributed by atoms with Gasteiger partial charge in [0, 0.05) is 18.0 Å². The van der Waals surface area contributed by atoms with Crippen molar-refractivity contribution >= 4 is 16.9 Å². The fraction of sp³-hybridized carbons (Fsp3) is 0.529. The molecule has 1 amide bonds. The maximum Gasteiger partial charge on any atom is 0.225 e. The standard InChI is InChI=1S/C17H25N3O/c1-12(2)20-11-19-14-10-13(6-7-15(14)20)8-9-18-16(21)17(3,4)5/h6-7,10-12H,8-9H2,1-5H3,(H,18,21). The van der Waals surface area contributed by atoms with Crippen LogP contribution < -0.4 is 5.32 Å². The van der Waals surface area contributed by atoms with E-state index in [-0.39, 0.29) is 11.3 Å². The molecule has 114 valence electrons. The molecule has 1 N–H and O–H groups in total. The molecule has 1 aromatic heterocycles. The highest BCUT2D eigenvalue weighted by Crippen LogP contribution is 2.19. The van der Waals surface area contributed by atoms with Gasteiger partial charge in [0.25, 0.3) is 0 Å². The highest BCUT2D eigenvalue weighted by molar-refractivity contribution is 5.81. The normalized spacial score (nSPS) is 12.1. The van der Waals surface area contributed by atoms with Crippen molar-refractivity contribution in [2.45, 2.75) is 47.1 Å². The fourth-order valence-electron chi connectivity index (χ4n) is 2.23. The lowest BCUT2D eigenvalue weighted by molar-refractivity contribution is -0.128. The number of hydrogen-bond acceptors (Lipinski definition) is 2. The number of carbonyl (C=O) groups excluding carboxylic acids is 1. The Bertz CT molecular complexity index is 635. The SMILES string of the molecule is CC(C)n1cnc2cc(CCNC(=O)C(C)(C)C)ccc21. The Morgan fingerprint density at radius 2 is 2.05 bits per heavy atom. The summed E-state index contributed by atoms with van der Waals surface area (Å²) in [5.74, 6) is 0.0904. The molecular weight excluding hydrogens is 262 g/mol. The third kappa shape index (κ3) is 3.63. The molecule has 1 aromatic carbocycles. The molecular formula is C17H25N3O. The van der Waals surface area contributed by atoms with E-state index in [1.807, 2.05) is 27.1 Å². The van der Waals surface area contributed by atoms with Crippen molar-refractivity contribution in [1.29, 1.82) is 0 Å². The van der Waals surface area contributed by atoms with E-state index in [0.29, 0.717) is 12.6 Å². The van der Waals surface area contributed by atoms with Crippen LogP contribution in [0.4, 0.5) is 0 Å². The number of hydrogen-bond donors (Lipinski definition) is 1. The van der Waals surface area contributed by atoms with Gasteiger partial charge in [-0.2, -0.15) is 0 Å². The van der Waals surface area contributed by atoms with Gasteiger partial charge in [0.15, 0.2) is 0 Å². The maximum atomic E-state index is 11.8. The highest BCUT2D eigenvalue weighted by Gasteiger charge is 2.20. The first kappa shape index (κ1) is 15.5. The molecule has 0 spiro atoms. The number of imidazole rings is 1. The molecule has 21 heavy (non-hydrogen) atoms. The summed E-state index contributed by atoms with van der Waals surface area (Å²) in [4.78, 5) is 16.3. The first-order chi connectivity index (χ1) is 9.79. The van der Waals surface area contributed by atoms with E-state index in [4.69, 9.17) is 0 Å². The second kappa shape index (κ2) is 5.88. The Kier molecular flexibility index (Phi) is 4.35. The number of aromatic nitrogens is 2. The molecule has 0 atom stereocenters. The van der Waals surface area contributed by atoms with Gasteiger partial charge in [-0.15, -0.1) is 0 Å². The summed E-state index contributed by atoms with van der Waals surface area (Å²) in [5.41, 5.74) is 3.04. The summed E-state index contributed by atoms with van der Waals surface area (Å²) < 4.78 is 2.17. The van der Waals surface area contributed by atoms with Crippen LogP contribution in [0.1, 0.15) is 46.2 Å². The van der Waals surface area contributed by atoms with E-state index >= 15 is 0 Å². The Balaban J connectivity index is 2.02. The van der Waals surface area contributed by atoms with Gasteiger partial charge < -0.3 is 9.88 Å². The van der Waals surface area contributed by atoms with Crippen LogP contribution in [0.3, 0.4) is 0 Å². The van der Waals surface area contributed by atoms with Gasteiger partial charge in [0.1, 0.15) is 0 Å². The zero-order valence-corrected chi connectivity index (χ0v) is 13.6. The van der Waals surface area contributed by atoms with Crippen molar-refractivity contribution in [3.05, 3.63) is 30.1 Å². The lowest BCUT2D eigenvalue weighted by Crippen LogP contribution is -2.35. The van der Waals surface area contributed by atoms with Gasteiger partial charge in [-0.25, -0.2) is 4.98 Å². The molecule has 0 aliphatic carbocycles. The highest BCUT2D eigenvalue weighted by atomic mass is 16.2. The molecule has 2 aromatic rings. The van der Waals surface area contributed by atoms with Gasteiger partial charge >= 0.3 is 0 Å². The molecule has 0 unspecified atom stereocenters. The lowest BCUT2D eigenvalue weighted by Gasteiger charge is -2.17. The number of carbonyl (C=O) groups is 1. The van der Waals surface area contributed by atoms with Crippen molar-refractivity contribution in [2.24, 2.45) is 5.41 Å². The van der Waals surface area contributed by atoms with Gasteiger partial charge in [0.2, 0.25) is 5.91 Å². The van der Waals surface area contributed by atoms with Crippen LogP contribution in [0.25, 0.3) is 11.0 Å². The molecule has 0 aliphatic rings. The van der Waals surface area contributed by atoms with Crippen LogP contribution in [0.2, 0.25) is 0 Å². The predicted octanol–water partition coefficient (Wildman–Crippen LogP) is 3.32. The first-order valence-electron chi connectivity index (χ1n) is 7.53. The molecule has 0 radical (unpaired) electrons. The monoisotopic (exact) mass is 287 g/mol. The fourth-order valence-corrected chi connectivity index (χ4v) is 2.23.